The molecule has 26 heavy (non-hydrogen) atoms. The molecule has 1 N–H and O–H groups in total. The van der Waals surface area contributed by atoms with Crippen LogP contribution in [0.4, 0.5) is 10.2 Å². The molecule has 0 unspecified atom stereocenters. The second-order valence-electron chi connectivity index (χ2n) is 5.53. The Morgan fingerprint density at radius 3 is 2.85 bits per heavy atom. The van der Waals surface area contributed by atoms with Crippen molar-refractivity contribution in [1.29, 1.82) is 0 Å². The van der Waals surface area contributed by atoms with Gasteiger partial charge in [0.1, 0.15) is 33.4 Å². The van der Waals surface area contributed by atoms with E-state index < -0.39 is 0 Å². The number of halogens is 1. The fraction of sp³-hybridized carbons (Fsp3) is 0.278. The zero-order chi connectivity index (χ0) is 18.7. The molecule has 3 aromatic rings. The maximum absolute atomic E-state index is 13.6. The first-order valence-electron chi connectivity index (χ1n) is 8.02. The number of nitrogens with one attached hydrogen (secondary N) is 1. The first-order valence-corrected chi connectivity index (χ1v) is 8.83. The van der Waals surface area contributed by atoms with E-state index in [2.05, 4.69) is 15.3 Å². The van der Waals surface area contributed by atoms with Gasteiger partial charge in [0, 0.05) is 12.6 Å². The average Bonchev–Trinajstić information content (AvgIpc) is 2.97. The highest BCUT2D eigenvalue weighted by Gasteiger charge is 2.20. The number of esters is 1. The van der Waals surface area contributed by atoms with Crippen molar-refractivity contribution >= 4 is 33.3 Å². The number of methoxy groups -OCH3 is 1. The molecule has 0 fully saturated rings. The van der Waals surface area contributed by atoms with E-state index in [0.717, 1.165) is 10.9 Å². The Morgan fingerprint density at radius 2 is 2.12 bits per heavy atom. The number of nitrogens with zero attached hydrogens (tertiary/aromatic N) is 2. The third kappa shape index (κ3) is 3.60. The summed E-state index contributed by atoms with van der Waals surface area (Å²) in [5.41, 5.74) is 1.48. The van der Waals surface area contributed by atoms with Crippen LogP contribution in [0.1, 0.15) is 27.7 Å². The summed E-state index contributed by atoms with van der Waals surface area (Å²) in [5, 5.41) is 3.96. The number of benzene rings is 1. The minimum absolute atomic E-state index is 0.310. The Morgan fingerprint density at radius 1 is 1.31 bits per heavy atom. The van der Waals surface area contributed by atoms with Crippen molar-refractivity contribution in [3.05, 3.63) is 46.3 Å². The summed E-state index contributed by atoms with van der Waals surface area (Å²) < 4.78 is 23.8. The minimum Gasteiger partial charge on any atom is -0.497 e. The van der Waals surface area contributed by atoms with Crippen molar-refractivity contribution in [1.82, 2.24) is 9.97 Å². The van der Waals surface area contributed by atoms with Crippen molar-refractivity contribution in [3.63, 3.8) is 0 Å². The molecule has 136 valence electrons. The molecule has 0 saturated heterocycles. The summed E-state index contributed by atoms with van der Waals surface area (Å²) in [6, 6.07) is 4.50. The highest BCUT2D eigenvalue weighted by Crippen LogP contribution is 2.34. The van der Waals surface area contributed by atoms with E-state index in [0.29, 0.717) is 40.0 Å². The number of hydrogen-bond acceptors (Lipinski definition) is 7. The molecule has 0 aliphatic carbocycles. The molecule has 8 heteroatoms. The largest absolute Gasteiger partial charge is 0.497 e. The molecule has 0 aliphatic heterocycles. The lowest BCUT2D eigenvalue weighted by molar-refractivity contribution is 0.0531. The second kappa shape index (κ2) is 7.65. The molecule has 1 aromatic carbocycles. The standard InChI is InChI=1S/C18H18FN3O3S/c1-4-25-18(23)15-10(2)14-16(21-9-22-17(14)26-15)20-8-11-5-12(19)7-13(6-11)24-3/h5-7,9H,4,8H2,1-3H3,(H,20,21,22). The van der Waals surface area contributed by atoms with Gasteiger partial charge in [0.05, 0.1) is 19.1 Å². The Bertz CT molecular complexity index is 958. The Labute approximate surface area is 154 Å². The molecule has 0 radical (unpaired) electrons. The molecular formula is C18H18FN3O3S. The molecule has 0 aliphatic rings. The molecule has 0 bridgehead atoms. The number of anilines is 1. The molecule has 0 saturated carbocycles. The van der Waals surface area contributed by atoms with Gasteiger partial charge in [-0.2, -0.15) is 0 Å². The first kappa shape index (κ1) is 18.1. The number of hydrogen-bond donors (Lipinski definition) is 1. The van der Waals surface area contributed by atoms with Crippen molar-refractivity contribution in [2.45, 2.75) is 20.4 Å². The van der Waals surface area contributed by atoms with Crippen LogP contribution in [-0.2, 0) is 11.3 Å². The number of carbonyl (C=O) groups is 1. The van der Waals surface area contributed by atoms with E-state index in [1.807, 2.05) is 6.92 Å². The summed E-state index contributed by atoms with van der Waals surface area (Å²) >= 11 is 1.27. The zero-order valence-electron chi connectivity index (χ0n) is 14.6. The second-order valence-corrected chi connectivity index (χ2v) is 6.53. The molecule has 0 amide bonds. The number of rotatable bonds is 6. The summed E-state index contributed by atoms with van der Waals surface area (Å²) in [5.74, 6) is 0.299. The molecular weight excluding hydrogens is 357 g/mol. The number of carbonyl (C=O) groups excluding carboxylic acids is 1. The Balaban J connectivity index is 1.91. The van der Waals surface area contributed by atoms with E-state index in [1.165, 1.54) is 36.9 Å². The molecule has 2 heterocycles. The average molecular weight is 375 g/mol. The predicted octanol–water partition coefficient (Wildman–Crippen LogP) is 3.94. The highest BCUT2D eigenvalue weighted by atomic mass is 32.1. The fourth-order valence-electron chi connectivity index (χ4n) is 2.62. The van der Waals surface area contributed by atoms with Crippen LogP contribution in [0, 0.1) is 12.7 Å². The third-order valence-electron chi connectivity index (χ3n) is 3.81. The van der Waals surface area contributed by atoms with Gasteiger partial charge in [-0.1, -0.05) is 0 Å². The third-order valence-corrected chi connectivity index (χ3v) is 4.99. The summed E-state index contributed by atoms with van der Waals surface area (Å²) in [7, 11) is 1.49. The van der Waals surface area contributed by atoms with Crippen LogP contribution in [0.2, 0.25) is 0 Å². The topological polar surface area (TPSA) is 73.3 Å². The molecule has 2 aromatic heterocycles. The van der Waals surface area contributed by atoms with Crippen LogP contribution in [-0.4, -0.2) is 29.7 Å². The zero-order valence-corrected chi connectivity index (χ0v) is 15.4. The van der Waals surface area contributed by atoms with Gasteiger partial charge in [0.25, 0.3) is 0 Å². The van der Waals surface area contributed by atoms with Gasteiger partial charge in [-0.25, -0.2) is 19.2 Å². The maximum atomic E-state index is 13.6. The van der Waals surface area contributed by atoms with Crippen LogP contribution in [0.3, 0.4) is 0 Å². The number of aryl methyl sites for hydroxylation is 1. The van der Waals surface area contributed by atoms with Gasteiger partial charge in [-0.05, 0) is 37.1 Å². The van der Waals surface area contributed by atoms with E-state index in [1.54, 1.807) is 13.0 Å². The minimum atomic E-state index is -0.370. The normalized spacial score (nSPS) is 10.8. The summed E-state index contributed by atoms with van der Waals surface area (Å²) in [6.07, 6.45) is 1.43. The van der Waals surface area contributed by atoms with Crippen LogP contribution >= 0.6 is 11.3 Å². The van der Waals surface area contributed by atoms with E-state index in [4.69, 9.17) is 9.47 Å². The van der Waals surface area contributed by atoms with Crippen molar-refractivity contribution in [2.75, 3.05) is 19.0 Å². The van der Waals surface area contributed by atoms with Gasteiger partial charge in [0.2, 0.25) is 0 Å². The fourth-order valence-corrected chi connectivity index (χ4v) is 3.67. The number of thiophene rings is 1. The Hall–Kier alpha value is -2.74. The SMILES string of the molecule is CCOC(=O)c1sc2ncnc(NCc3cc(F)cc(OC)c3)c2c1C. The lowest BCUT2D eigenvalue weighted by Crippen LogP contribution is -2.05. The van der Waals surface area contributed by atoms with Gasteiger partial charge in [-0.15, -0.1) is 11.3 Å². The van der Waals surface area contributed by atoms with Crippen molar-refractivity contribution < 1.29 is 18.7 Å². The summed E-state index contributed by atoms with van der Waals surface area (Å²) in [4.78, 5) is 21.8. The number of ether oxygens (including phenoxy) is 2. The summed E-state index contributed by atoms with van der Waals surface area (Å²) in [6.45, 7) is 4.26. The van der Waals surface area contributed by atoms with Gasteiger partial charge in [0.15, 0.2) is 0 Å². The van der Waals surface area contributed by atoms with E-state index >= 15 is 0 Å². The first-order chi connectivity index (χ1) is 12.5. The number of fused-ring (bicyclic) bond motifs is 1. The number of aromatic nitrogens is 2. The predicted molar refractivity (Wildman–Crippen MR) is 98.4 cm³/mol. The van der Waals surface area contributed by atoms with Gasteiger partial charge in [-0.3, -0.25) is 0 Å². The Kier molecular flexibility index (Phi) is 5.32. The monoisotopic (exact) mass is 375 g/mol. The highest BCUT2D eigenvalue weighted by molar-refractivity contribution is 7.20. The molecule has 6 nitrogen and oxygen atoms in total. The van der Waals surface area contributed by atoms with E-state index in [9.17, 15) is 9.18 Å². The molecule has 0 spiro atoms. The quantitative estimate of drug-likeness (QED) is 0.658. The van der Waals surface area contributed by atoms with Gasteiger partial charge >= 0.3 is 5.97 Å². The maximum Gasteiger partial charge on any atom is 0.348 e. The van der Waals surface area contributed by atoms with Crippen molar-refractivity contribution in [3.8, 4) is 5.75 Å². The van der Waals surface area contributed by atoms with Crippen molar-refractivity contribution in [2.24, 2.45) is 0 Å². The van der Waals surface area contributed by atoms with Crippen LogP contribution in [0.15, 0.2) is 24.5 Å². The van der Waals surface area contributed by atoms with E-state index in [-0.39, 0.29) is 11.8 Å². The van der Waals surface area contributed by atoms with Crippen LogP contribution < -0.4 is 10.1 Å². The van der Waals surface area contributed by atoms with Crippen LogP contribution in [0.5, 0.6) is 5.75 Å². The van der Waals surface area contributed by atoms with Gasteiger partial charge < -0.3 is 14.8 Å². The lowest BCUT2D eigenvalue weighted by Gasteiger charge is -2.09. The molecule has 0 atom stereocenters. The smallest absolute Gasteiger partial charge is 0.348 e. The molecule has 3 rings (SSSR count). The van der Waals surface area contributed by atoms with Crippen LogP contribution in [0.25, 0.3) is 10.2 Å². The lowest BCUT2D eigenvalue weighted by atomic mass is 10.2.